The van der Waals surface area contributed by atoms with Crippen molar-refractivity contribution in [3.63, 3.8) is 0 Å². The van der Waals surface area contributed by atoms with Crippen LogP contribution in [0.5, 0.6) is 11.5 Å². The number of anilines is 2. The van der Waals surface area contributed by atoms with Gasteiger partial charge in [-0.1, -0.05) is 73.7 Å². The predicted molar refractivity (Wildman–Crippen MR) is 210 cm³/mol. The lowest BCUT2D eigenvalue weighted by atomic mass is 9.75. The number of carbonyl (C=O) groups is 2. The molecule has 56 heavy (non-hydrogen) atoms. The van der Waals surface area contributed by atoms with Crippen molar-refractivity contribution < 1.29 is 37.3 Å². The Hall–Kier alpha value is -5.20. The van der Waals surface area contributed by atoms with Crippen molar-refractivity contribution in [1.29, 1.82) is 0 Å². The second-order valence-electron chi connectivity index (χ2n) is 14.7. The Morgan fingerprint density at radius 3 is 2.07 bits per heavy atom. The predicted octanol–water partition coefficient (Wildman–Crippen LogP) is 7.61. The standard InChI is InChI=1S/C44H50F2N4O6/c1-4-44(54-3)41(50(42(44)51)37-17-11-16-35(45)40(37)55-29-32-12-7-5-8-13-32)34-26-36(46)38(27-39(34)53-2)48-20-18-31(19-21-48)28-47-22-24-49(25-23-47)43(52)56-30-33-14-9-6-10-15-33/h5-17,26-27,31,41H,4,18-25,28-30H2,1-3H3/t41-,44+/m0/s1. The van der Waals surface area contributed by atoms with E-state index in [2.05, 4.69) is 4.90 Å². The Morgan fingerprint density at radius 2 is 1.45 bits per heavy atom. The molecule has 3 heterocycles. The number of piperidine rings is 1. The van der Waals surface area contributed by atoms with Crippen molar-refractivity contribution in [2.24, 2.45) is 5.92 Å². The molecule has 3 aliphatic rings. The van der Waals surface area contributed by atoms with Gasteiger partial charge in [-0.3, -0.25) is 14.6 Å². The number of methoxy groups -OCH3 is 2. The molecule has 2 atom stereocenters. The van der Waals surface area contributed by atoms with Gasteiger partial charge >= 0.3 is 6.09 Å². The minimum Gasteiger partial charge on any atom is -0.496 e. The second-order valence-corrected chi connectivity index (χ2v) is 14.7. The third-order valence-electron chi connectivity index (χ3n) is 11.5. The van der Waals surface area contributed by atoms with E-state index in [-0.39, 0.29) is 36.7 Å². The summed E-state index contributed by atoms with van der Waals surface area (Å²) in [5, 5.41) is 0. The highest BCUT2D eigenvalue weighted by molar-refractivity contribution is 6.09. The van der Waals surface area contributed by atoms with Gasteiger partial charge < -0.3 is 28.7 Å². The van der Waals surface area contributed by atoms with Crippen molar-refractivity contribution in [2.75, 3.05) is 69.8 Å². The minimum atomic E-state index is -1.32. The van der Waals surface area contributed by atoms with E-state index in [1.807, 2.05) is 72.5 Å². The van der Waals surface area contributed by atoms with Gasteiger partial charge in [-0.05, 0) is 54.5 Å². The average molecular weight is 769 g/mol. The SMILES string of the molecule is CC[C@]1(OC)C(=O)N(c2cccc(F)c2OCc2ccccc2)[C@H]1c1cc(F)c(N2CCC(CN3CCN(C(=O)OCc4ccccc4)CC3)CC2)cc1OC. The molecule has 7 rings (SSSR count). The summed E-state index contributed by atoms with van der Waals surface area (Å²) in [5.74, 6) is -0.648. The van der Waals surface area contributed by atoms with E-state index < -0.39 is 23.3 Å². The quantitative estimate of drug-likeness (QED) is 0.129. The van der Waals surface area contributed by atoms with Crippen molar-refractivity contribution in [3.8, 4) is 11.5 Å². The molecule has 2 amide bonds. The number of amides is 2. The fourth-order valence-corrected chi connectivity index (χ4v) is 8.30. The lowest BCUT2D eigenvalue weighted by Crippen LogP contribution is -2.69. The van der Waals surface area contributed by atoms with Crippen LogP contribution in [0.3, 0.4) is 0 Å². The van der Waals surface area contributed by atoms with E-state index in [0.717, 1.165) is 43.6 Å². The maximum atomic E-state index is 16.4. The fourth-order valence-electron chi connectivity index (χ4n) is 8.30. The van der Waals surface area contributed by atoms with Gasteiger partial charge in [0.2, 0.25) is 0 Å². The number of carbonyl (C=O) groups excluding carboxylic acids is 2. The molecule has 0 spiro atoms. The fraction of sp³-hybridized carbons (Fsp3) is 0.409. The molecule has 296 valence electrons. The van der Waals surface area contributed by atoms with Crippen molar-refractivity contribution in [2.45, 2.75) is 51.0 Å². The van der Waals surface area contributed by atoms with Gasteiger partial charge in [0.05, 0.1) is 18.5 Å². The first-order valence-corrected chi connectivity index (χ1v) is 19.4. The summed E-state index contributed by atoms with van der Waals surface area (Å²) in [6.45, 7) is 7.28. The monoisotopic (exact) mass is 768 g/mol. The van der Waals surface area contributed by atoms with E-state index in [0.29, 0.717) is 55.5 Å². The van der Waals surface area contributed by atoms with Crippen LogP contribution in [0.4, 0.5) is 25.0 Å². The number of halogens is 2. The Bertz CT molecular complexity index is 1970. The van der Waals surface area contributed by atoms with Crippen molar-refractivity contribution in [3.05, 3.63) is 119 Å². The van der Waals surface area contributed by atoms with Gasteiger partial charge in [0.25, 0.3) is 5.91 Å². The maximum absolute atomic E-state index is 16.4. The molecule has 10 nitrogen and oxygen atoms in total. The third-order valence-corrected chi connectivity index (χ3v) is 11.5. The summed E-state index contributed by atoms with van der Waals surface area (Å²) in [6.07, 6.45) is 1.80. The highest BCUT2D eigenvalue weighted by Crippen LogP contribution is 2.55. The molecule has 3 saturated heterocycles. The molecule has 0 unspecified atom stereocenters. The number of ether oxygens (including phenoxy) is 4. The number of hydrogen-bond acceptors (Lipinski definition) is 8. The van der Waals surface area contributed by atoms with E-state index in [4.69, 9.17) is 18.9 Å². The normalized spacial score (nSPS) is 20.5. The zero-order valence-corrected chi connectivity index (χ0v) is 32.3. The highest BCUT2D eigenvalue weighted by Gasteiger charge is 2.63. The number of rotatable bonds is 13. The summed E-state index contributed by atoms with van der Waals surface area (Å²) >= 11 is 0. The number of piperazine rings is 1. The molecular formula is C44H50F2N4O6. The summed E-state index contributed by atoms with van der Waals surface area (Å²) in [5.41, 5.74) is 1.57. The van der Waals surface area contributed by atoms with Crippen molar-refractivity contribution >= 4 is 23.4 Å². The van der Waals surface area contributed by atoms with Gasteiger partial charge in [0.15, 0.2) is 17.2 Å². The van der Waals surface area contributed by atoms with E-state index in [1.54, 1.807) is 17.0 Å². The molecular weight excluding hydrogens is 719 g/mol. The van der Waals surface area contributed by atoms with Gasteiger partial charge in [-0.15, -0.1) is 0 Å². The third kappa shape index (κ3) is 7.90. The molecule has 3 fully saturated rings. The van der Waals surface area contributed by atoms with Gasteiger partial charge in [0, 0.05) is 64.6 Å². The molecule has 12 heteroatoms. The first kappa shape index (κ1) is 39.1. The van der Waals surface area contributed by atoms with Gasteiger partial charge in [-0.2, -0.15) is 0 Å². The van der Waals surface area contributed by atoms with Gasteiger partial charge in [-0.25, -0.2) is 13.6 Å². The van der Waals surface area contributed by atoms with Crippen LogP contribution in [0.1, 0.15) is 48.9 Å². The van der Waals surface area contributed by atoms with Crippen LogP contribution in [0.2, 0.25) is 0 Å². The molecule has 0 saturated carbocycles. The minimum absolute atomic E-state index is 0.0716. The summed E-state index contributed by atoms with van der Waals surface area (Å²) < 4.78 is 55.1. The van der Waals surface area contributed by atoms with Gasteiger partial charge in [0.1, 0.15) is 30.8 Å². The van der Waals surface area contributed by atoms with Crippen molar-refractivity contribution in [1.82, 2.24) is 9.80 Å². The molecule has 0 N–H and O–H groups in total. The van der Waals surface area contributed by atoms with Crippen LogP contribution < -0.4 is 19.3 Å². The summed E-state index contributed by atoms with van der Waals surface area (Å²) in [6, 6.07) is 25.8. The van der Waals surface area contributed by atoms with E-state index >= 15 is 8.78 Å². The molecule has 0 radical (unpaired) electrons. The van der Waals surface area contributed by atoms with Crippen LogP contribution in [0.15, 0.2) is 91.0 Å². The lowest BCUT2D eigenvalue weighted by molar-refractivity contribution is -0.160. The number of nitrogens with zero attached hydrogens (tertiary/aromatic N) is 4. The van der Waals surface area contributed by atoms with Crippen LogP contribution in [-0.4, -0.2) is 87.4 Å². The Labute approximate surface area is 327 Å². The smallest absolute Gasteiger partial charge is 0.410 e. The molecule has 3 aliphatic heterocycles. The lowest BCUT2D eigenvalue weighted by Gasteiger charge is -2.55. The highest BCUT2D eigenvalue weighted by atomic mass is 19.1. The van der Waals surface area contributed by atoms with Crippen LogP contribution in [-0.2, 0) is 27.5 Å². The number of para-hydroxylation sites is 1. The zero-order valence-electron chi connectivity index (χ0n) is 32.3. The largest absolute Gasteiger partial charge is 0.496 e. The number of β-lactam (4-membered cyclic amide) rings is 1. The second kappa shape index (κ2) is 17.3. The maximum Gasteiger partial charge on any atom is 0.410 e. The first-order chi connectivity index (χ1) is 27.3. The number of hydrogen-bond donors (Lipinski definition) is 0. The average Bonchev–Trinajstić information content (AvgIpc) is 3.23. The van der Waals surface area contributed by atoms with Crippen LogP contribution in [0, 0.1) is 17.6 Å². The molecule has 0 aliphatic carbocycles. The Balaban J connectivity index is 1.01. The van der Waals surface area contributed by atoms with Crippen LogP contribution >= 0.6 is 0 Å². The number of benzene rings is 4. The first-order valence-electron chi connectivity index (χ1n) is 19.4. The summed E-state index contributed by atoms with van der Waals surface area (Å²) in [4.78, 5) is 34.3. The molecule has 4 aromatic rings. The summed E-state index contributed by atoms with van der Waals surface area (Å²) in [7, 11) is 2.99. The molecule has 0 bridgehead atoms. The Morgan fingerprint density at radius 1 is 0.786 bits per heavy atom. The molecule has 4 aromatic carbocycles. The van der Waals surface area contributed by atoms with E-state index in [9.17, 15) is 9.59 Å². The van der Waals surface area contributed by atoms with Crippen LogP contribution in [0.25, 0.3) is 0 Å². The Kier molecular flexibility index (Phi) is 12.1. The topological polar surface area (TPSA) is 84.0 Å². The zero-order chi connectivity index (χ0) is 39.2. The molecule has 0 aromatic heterocycles. The van der Waals surface area contributed by atoms with E-state index in [1.165, 1.54) is 37.3 Å².